The molecule has 1 N–H and O–H groups in total. The number of H-pyrrole nitrogens is 1. The van der Waals surface area contributed by atoms with E-state index in [1.807, 2.05) is 18.2 Å². The minimum atomic E-state index is -1.01. The van der Waals surface area contributed by atoms with Gasteiger partial charge in [-0.3, -0.25) is 9.89 Å². The normalized spacial score (nSPS) is 12.4. The van der Waals surface area contributed by atoms with Crippen molar-refractivity contribution in [3.63, 3.8) is 0 Å². The van der Waals surface area contributed by atoms with Crippen LogP contribution in [0.5, 0.6) is 0 Å². The van der Waals surface area contributed by atoms with Gasteiger partial charge in [0.1, 0.15) is 11.5 Å². The Labute approximate surface area is 167 Å². The molecular weight excluding hydrogens is 366 g/mol. The molecule has 1 radical (unpaired) electrons. The summed E-state index contributed by atoms with van der Waals surface area (Å²) in [5, 5.41) is 3.12. The van der Waals surface area contributed by atoms with Crippen LogP contribution in [0.25, 0.3) is 17.7 Å². The lowest BCUT2D eigenvalue weighted by molar-refractivity contribution is 0.536. The second kappa shape index (κ2) is 8.02. The molecule has 3 aromatic rings. The van der Waals surface area contributed by atoms with Gasteiger partial charge >= 0.3 is 0 Å². The van der Waals surface area contributed by atoms with Crippen molar-refractivity contribution >= 4 is 20.9 Å². The molecule has 28 heavy (non-hydrogen) atoms. The molecule has 0 aliphatic carbocycles. The Hall–Kier alpha value is -2.86. The highest BCUT2D eigenvalue weighted by molar-refractivity contribution is 6.49. The molecule has 0 atom stereocenters. The van der Waals surface area contributed by atoms with Crippen LogP contribution in [0.15, 0.2) is 59.5 Å². The average molecular weight is 393 g/mol. The fourth-order valence-electron chi connectivity index (χ4n) is 2.79. The Morgan fingerprint density at radius 1 is 1.14 bits per heavy atom. The molecule has 2 aromatic heterocycles. The number of nitrogens with one attached hydrogen (secondary N) is 1. The zero-order valence-corrected chi connectivity index (χ0v) is 18.0. The lowest BCUT2D eigenvalue weighted by Crippen LogP contribution is -2.14. The molecule has 0 saturated carbocycles. The number of hydrogen-bond donors (Lipinski definition) is 1. The highest BCUT2D eigenvalue weighted by Crippen LogP contribution is 2.24. The lowest BCUT2D eigenvalue weighted by atomic mass is 9.87. The summed E-state index contributed by atoms with van der Waals surface area (Å²) < 4.78 is 7.52. The molecule has 2 heterocycles. The topological polar surface area (TPSA) is 59.9 Å². The largest absolute Gasteiger partial charge is 0.541 e. The van der Waals surface area contributed by atoms with E-state index in [1.54, 1.807) is 18.3 Å². The van der Waals surface area contributed by atoms with E-state index < -0.39 is 9.04 Å². The second-order valence-corrected chi connectivity index (χ2v) is 9.94. The van der Waals surface area contributed by atoms with Gasteiger partial charge in [0, 0.05) is 12.3 Å². The van der Waals surface area contributed by atoms with E-state index in [2.05, 4.69) is 68.2 Å². The molecule has 0 unspecified atom stereocenters. The standard InChI is InChI=1S/C22H26N3O2Si/c1-22(2,3)17-11-9-16(10-12-17)14-19(27-28(4)5)18-15-21(26)25(24-18)20-8-6-7-13-23-20/h6-15,24H,1-5H3. The second-order valence-electron chi connectivity index (χ2n) is 7.92. The van der Waals surface area contributed by atoms with E-state index in [1.165, 1.54) is 10.2 Å². The first-order valence-electron chi connectivity index (χ1n) is 9.28. The van der Waals surface area contributed by atoms with Crippen LogP contribution in [0.3, 0.4) is 0 Å². The van der Waals surface area contributed by atoms with Crippen molar-refractivity contribution in [2.45, 2.75) is 39.3 Å². The van der Waals surface area contributed by atoms with Crippen LogP contribution in [0.2, 0.25) is 13.1 Å². The Bertz CT molecular complexity index is 1010. The van der Waals surface area contributed by atoms with E-state index in [0.29, 0.717) is 17.3 Å². The molecule has 0 fully saturated rings. The Morgan fingerprint density at radius 2 is 1.86 bits per heavy atom. The maximum Gasteiger partial charge on any atom is 0.274 e. The summed E-state index contributed by atoms with van der Waals surface area (Å²) in [4.78, 5) is 16.7. The summed E-state index contributed by atoms with van der Waals surface area (Å²) in [6, 6.07) is 15.4. The monoisotopic (exact) mass is 392 g/mol. The Morgan fingerprint density at radius 3 is 2.43 bits per heavy atom. The van der Waals surface area contributed by atoms with Gasteiger partial charge in [0.15, 0.2) is 5.82 Å². The van der Waals surface area contributed by atoms with Gasteiger partial charge in [-0.05, 0) is 47.8 Å². The molecule has 0 aliphatic heterocycles. The highest BCUT2D eigenvalue weighted by atomic mass is 28.3. The molecule has 145 valence electrons. The Kier molecular flexibility index (Phi) is 5.70. The molecule has 0 amide bonds. The SMILES string of the molecule is C[Si](C)OC(=Cc1ccc(C(C)(C)C)cc1)c1cc(=O)n(-c2ccccn2)[nH]1. The van der Waals surface area contributed by atoms with Crippen LogP contribution in [0, 0.1) is 0 Å². The summed E-state index contributed by atoms with van der Waals surface area (Å²) in [5.41, 5.74) is 2.87. The van der Waals surface area contributed by atoms with E-state index in [-0.39, 0.29) is 11.0 Å². The van der Waals surface area contributed by atoms with Crippen LogP contribution in [-0.4, -0.2) is 23.8 Å². The van der Waals surface area contributed by atoms with Crippen molar-refractivity contribution in [2.24, 2.45) is 0 Å². The van der Waals surface area contributed by atoms with Crippen LogP contribution in [-0.2, 0) is 9.84 Å². The number of pyridine rings is 1. The van der Waals surface area contributed by atoms with Crippen molar-refractivity contribution in [3.8, 4) is 5.82 Å². The first-order chi connectivity index (χ1) is 13.2. The quantitative estimate of drug-likeness (QED) is 0.509. The number of aromatic nitrogens is 3. The van der Waals surface area contributed by atoms with Gasteiger partial charge in [0.05, 0.1) is 0 Å². The first kappa shape index (κ1) is 19.9. The van der Waals surface area contributed by atoms with Gasteiger partial charge in [-0.25, -0.2) is 9.67 Å². The molecule has 6 heteroatoms. The summed E-state index contributed by atoms with van der Waals surface area (Å²) in [6.45, 7) is 10.7. The summed E-state index contributed by atoms with van der Waals surface area (Å²) in [5.74, 6) is 1.21. The van der Waals surface area contributed by atoms with Gasteiger partial charge in [-0.2, -0.15) is 0 Å². The number of benzene rings is 1. The molecule has 3 rings (SSSR count). The number of nitrogens with zero attached hydrogens (tertiary/aromatic N) is 2. The number of hydrogen-bond acceptors (Lipinski definition) is 3. The van der Waals surface area contributed by atoms with Gasteiger partial charge in [0.2, 0.25) is 0 Å². The fourth-order valence-corrected chi connectivity index (χ4v) is 3.40. The summed E-state index contributed by atoms with van der Waals surface area (Å²) >= 11 is 0. The van der Waals surface area contributed by atoms with Crippen LogP contribution in [0.1, 0.15) is 37.6 Å². The van der Waals surface area contributed by atoms with Crippen LogP contribution in [0.4, 0.5) is 0 Å². The van der Waals surface area contributed by atoms with Gasteiger partial charge in [-0.1, -0.05) is 51.1 Å². The van der Waals surface area contributed by atoms with E-state index in [9.17, 15) is 4.79 Å². The molecule has 0 saturated heterocycles. The predicted molar refractivity (Wildman–Crippen MR) is 116 cm³/mol. The first-order valence-corrected chi connectivity index (χ1v) is 11.7. The van der Waals surface area contributed by atoms with E-state index >= 15 is 0 Å². The highest BCUT2D eigenvalue weighted by Gasteiger charge is 2.15. The molecule has 0 aliphatic rings. The zero-order valence-electron chi connectivity index (χ0n) is 17.0. The van der Waals surface area contributed by atoms with Crippen molar-refractivity contribution in [1.29, 1.82) is 0 Å². The van der Waals surface area contributed by atoms with Gasteiger partial charge < -0.3 is 4.43 Å². The number of aromatic amines is 1. The average Bonchev–Trinajstić information content (AvgIpc) is 3.03. The fraction of sp³-hybridized carbons (Fsp3) is 0.273. The smallest absolute Gasteiger partial charge is 0.274 e. The zero-order chi connectivity index (χ0) is 20.3. The molecule has 0 bridgehead atoms. The van der Waals surface area contributed by atoms with Crippen LogP contribution < -0.4 is 5.56 Å². The maximum atomic E-state index is 12.5. The molecular formula is C22H26N3O2Si. The van der Waals surface area contributed by atoms with E-state index in [4.69, 9.17) is 4.43 Å². The van der Waals surface area contributed by atoms with Crippen molar-refractivity contribution < 1.29 is 4.43 Å². The lowest BCUT2D eigenvalue weighted by Gasteiger charge is -2.19. The van der Waals surface area contributed by atoms with Crippen molar-refractivity contribution in [3.05, 3.63) is 81.9 Å². The van der Waals surface area contributed by atoms with Crippen molar-refractivity contribution in [2.75, 3.05) is 0 Å². The molecule has 5 nitrogen and oxygen atoms in total. The summed E-state index contributed by atoms with van der Waals surface area (Å²) in [7, 11) is -1.01. The minimum absolute atomic E-state index is 0.107. The maximum absolute atomic E-state index is 12.5. The third-order valence-corrected chi connectivity index (χ3v) is 4.88. The van der Waals surface area contributed by atoms with Crippen LogP contribution >= 0.6 is 0 Å². The Balaban J connectivity index is 1.99. The molecule has 0 spiro atoms. The van der Waals surface area contributed by atoms with Gasteiger partial charge in [0.25, 0.3) is 14.6 Å². The third-order valence-electron chi connectivity index (χ3n) is 4.25. The minimum Gasteiger partial charge on any atom is -0.541 e. The summed E-state index contributed by atoms with van der Waals surface area (Å²) in [6.07, 6.45) is 3.63. The van der Waals surface area contributed by atoms with Crippen molar-refractivity contribution in [1.82, 2.24) is 14.8 Å². The molecule has 1 aromatic carbocycles. The van der Waals surface area contributed by atoms with Gasteiger partial charge in [-0.15, -0.1) is 0 Å². The van der Waals surface area contributed by atoms with E-state index in [0.717, 1.165) is 5.56 Å². The number of rotatable bonds is 5. The predicted octanol–water partition coefficient (Wildman–Crippen LogP) is 4.62. The third kappa shape index (κ3) is 4.70.